The number of carbonyl (C=O) groups excluding carboxylic acids is 2. The number of rotatable bonds is 7. The molecule has 1 heterocycles. The molecule has 2 aromatic carbocycles. The molecule has 2 aromatic rings. The van der Waals surface area contributed by atoms with Gasteiger partial charge in [-0.15, -0.1) is 0 Å². The molecule has 0 saturated heterocycles. The molecule has 0 aliphatic carbocycles. The van der Waals surface area contributed by atoms with Crippen LogP contribution in [-0.4, -0.2) is 31.4 Å². The highest BCUT2D eigenvalue weighted by Crippen LogP contribution is 2.42. The molecule has 0 spiro atoms. The third kappa shape index (κ3) is 8.00. The zero-order valence-corrected chi connectivity index (χ0v) is 22.3. The quantitative estimate of drug-likeness (QED) is 0.319. The predicted molar refractivity (Wildman–Crippen MR) is 132 cm³/mol. The van der Waals surface area contributed by atoms with Gasteiger partial charge in [-0.2, -0.15) is 39.5 Å². The van der Waals surface area contributed by atoms with Crippen LogP contribution in [0, 0.1) is 0 Å². The van der Waals surface area contributed by atoms with Crippen molar-refractivity contribution in [2.75, 3.05) is 18.1 Å². The van der Waals surface area contributed by atoms with Crippen LogP contribution in [0.2, 0.25) is 0 Å². The van der Waals surface area contributed by atoms with Gasteiger partial charge in [0.05, 0.1) is 41.6 Å². The Hall–Kier alpha value is -3.65. The summed E-state index contributed by atoms with van der Waals surface area (Å²) in [6.45, 7) is 2.93. The fourth-order valence-corrected chi connectivity index (χ4v) is 4.53. The van der Waals surface area contributed by atoms with E-state index in [1.54, 1.807) is 13.8 Å². The summed E-state index contributed by atoms with van der Waals surface area (Å²) in [6, 6.07) is 1.99. The maximum absolute atomic E-state index is 13.5. The third-order valence-electron chi connectivity index (χ3n) is 6.52. The topological polar surface area (TPSA) is 67.9 Å². The minimum absolute atomic E-state index is 0.0241. The second-order valence-electron chi connectivity index (χ2n) is 9.55. The predicted octanol–water partition coefficient (Wildman–Crippen LogP) is 8.29. The largest absolute Gasteiger partial charge is 0.449 e. The Morgan fingerprint density at radius 1 is 0.833 bits per heavy atom. The molecule has 0 radical (unpaired) electrons. The number of amides is 2. The Morgan fingerprint density at radius 2 is 1.43 bits per heavy atom. The van der Waals surface area contributed by atoms with Gasteiger partial charge in [0.1, 0.15) is 0 Å². The highest BCUT2D eigenvalue weighted by molar-refractivity contribution is 5.90. The molecule has 15 heteroatoms. The van der Waals surface area contributed by atoms with Gasteiger partial charge >= 0.3 is 30.7 Å². The van der Waals surface area contributed by atoms with Gasteiger partial charge in [-0.1, -0.05) is 13.8 Å². The molecule has 0 bridgehead atoms. The first-order valence-electron chi connectivity index (χ1n) is 12.8. The van der Waals surface area contributed by atoms with Gasteiger partial charge in [0.2, 0.25) is 0 Å². The fraction of sp³-hybridized carbons (Fsp3) is 0.481. The average molecular weight is 615 g/mol. The van der Waals surface area contributed by atoms with Crippen LogP contribution in [0.25, 0.3) is 0 Å². The van der Waals surface area contributed by atoms with Crippen molar-refractivity contribution in [2.24, 2.45) is 0 Å². The van der Waals surface area contributed by atoms with Crippen LogP contribution in [0.5, 0.6) is 0 Å². The lowest BCUT2D eigenvalue weighted by molar-refractivity contribution is -0.143. The number of benzene rings is 2. The Bertz CT molecular complexity index is 1240. The second-order valence-corrected chi connectivity index (χ2v) is 9.55. The number of ether oxygens (including phenoxy) is 2. The number of alkyl halides is 9. The summed E-state index contributed by atoms with van der Waals surface area (Å²) in [4.78, 5) is 26.6. The van der Waals surface area contributed by atoms with Crippen LogP contribution in [-0.2, 0) is 34.4 Å². The minimum atomic E-state index is -5.05. The molecule has 6 nitrogen and oxygen atoms in total. The first kappa shape index (κ1) is 32.9. The molecule has 1 aliphatic rings. The molecule has 2 atom stereocenters. The average Bonchev–Trinajstić information content (AvgIpc) is 2.89. The van der Waals surface area contributed by atoms with Gasteiger partial charge in [0, 0.05) is 12.5 Å². The van der Waals surface area contributed by atoms with Crippen LogP contribution in [0.1, 0.15) is 67.0 Å². The van der Waals surface area contributed by atoms with Crippen molar-refractivity contribution < 1.29 is 58.6 Å². The number of alkyl carbamates (subject to hydrolysis) is 1. The van der Waals surface area contributed by atoms with Crippen molar-refractivity contribution in [3.63, 3.8) is 0 Å². The summed E-state index contributed by atoms with van der Waals surface area (Å²) in [6.07, 6.45) is -16.5. The normalized spacial score (nSPS) is 17.5. The summed E-state index contributed by atoms with van der Waals surface area (Å²) < 4.78 is 129. The first-order chi connectivity index (χ1) is 19.5. The van der Waals surface area contributed by atoms with Gasteiger partial charge in [-0.25, -0.2) is 9.59 Å². The molecule has 1 aliphatic heterocycles. The van der Waals surface area contributed by atoms with Crippen molar-refractivity contribution >= 4 is 17.9 Å². The summed E-state index contributed by atoms with van der Waals surface area (Å²) in [7, 11) is 0. The summed E-state index contributed by atoms with van der Waals surface area (Å²) in [5.41, 5.74) is -4.45. The zero-order valence-electron chi connectivity index (χ0n) is 22.3. The Kier molecular flexibility index (Phi) is 9.93. The number of halogens is 9. The van der Waals surface area contributed by atoms with E-state index in [2.05, 4.69) is 5.32 Å². The van der Waals surface area contributed by atoms with E-state index in [0.29, 0.717) is 25.0 Å². The minimum Gasteiger partial charge on any atom is -0.449 e. The van der Waals surface area contributed by atoms with Crippen molar-refractivity contribution in [3.05, 3.63) is 64.2 Å². The number of nitrogens with one attached hydrogen (secondary N) is 1. The molecule has 3 rings (SSSR count). The lowest BCUT2D eigenvalue weighted by atomic mass is 9.89. The smallest absolute Gasteiger partial charge is 0.416 e. The molecule has 42 heavy (non-hydrogen) atoms. The maximum atomic E-state index is 13.5. The highest BCUT2D eigenvalue weighted by Gasteiger charge is 2.40. The van der Waals surface area contributed by atoms with E-state index >= 15 is 0 Å². The van der Waals surface area contributed by atoms with E-state index < -0.39 is 78.1 Å². The van der Waals surface area contributed by atoms with Gasteiger partial charge in [-0.3, -0.25) is 4.90 Å². The van der Waals surface area contributed by atoms with Gasteiger partial charge in [0.25, 0.3) is 0 Å². The Balaban J connectivity index is 1.81. The molecule has 232 valence electrons. The highest BCUT2D eigenvalue weighted by atomic mass is 19.4. The van der Waals surface area contributed by atoms with Crippen molar-refractivity contribution in [2.45, 2.75) is 70.1 Å². The fourth-order valence-electron chi connectivity index (χ4n) is 4.53. The maximum Gasteiger partial charge on any atom is 0.416 e. The van der Waals surface area contributed by atoms with Crippen LogP contribution in [0.4, 0.5) is 54.8 Å². The molecular weight excluding hydrogens is 587 g/mol. The molecular formula is C27H27F9N2O4. The van der Waals surface area contributed by atoms with E-state index in [0.717, 1.165) is 18.2 Å². The number of carbonyl (C=O) groups is 2. The number of nitrogens with zero attached hydrogens (tertiary/aromatic N) is 1. The lowest BCUT2D eigenvalue weighted by Gasteiger charge is -2.40. The molecule has 2 unspecified atom stereocenters. The van der Waals surface area contributed by atoms with E-state index in [1.165, 1.54) is 4.90 Å². The number of fused-ring (bicyclic) bond motifs is 1. The van der Waals surface area contributed by atoms with E-state index in [4.69, 9.17) is 9.47 Å². The molecule has 0 saturated carbocycles. The Morgan fingerprint density at radius 3 is 1.95 bits per heavy atom. The van der Waals surface area contributed by atoms with Gasteiger partial charge < -0.3 is 14.8 Å². The third-order valence-corrected chi connectivity index (χ3v) is 6.52. The number of anilines is 1. The number of hydrogen-bond acceptors (Lipinski definition) is 4. The SMILES string of the molecule is CCCOC(=O)N1c2ccc(C(F)(F)F)cc2C(NC(=O)OCCc2cc(C(F)(F)F)cc(C(F)(F)F)c2)CC1CC. The first-order valence-corrected chi connectivity index (χ1v) is 12.8. The van der Waals surface area contributed by atoms with Crippen LogP contribution < -0.4 is 10.2 Å². The molecule has 1 N–H and O–H groups in total. The van der Waals surface area contributed by atoms with Gasteiger partial charge in [0.15, 0.2) is 0 Å². The van der Waals surface area contributed by atoms with Crippen LogP contribution in [0.15, 0.2) is 36.4 Å². The Labute approximate surface area is 234 Å². The zero-order chi connectivity index (χ0) is 31.5. The monoisotopic (exact) mass is 614 g/mol. The van der Waals surface area contributed by atoms with Crippen molar-refractivity contribution in [1.29, 1.82) is 0 Å². The van der Waals surface area contributed by atoms with Crippen LogP contribution in [0.3, 0.4) is 0 Å². The molecule has 0 aromatic heterocycles. The van der Waals surface area contributed by atoms with E-state index in [1.807, 2.05) is 0 Å². The summed E-state index contributed by atoms with van der Waals surface area (Å²) >= 11 is 0. The lowest BCUT2D eigenvalue weighted by Crippen LogP contribution is -2.48. The molecule has 0 fully saturated rings. The molecule has 2 amide bonds. The van der Waals surface area contributed by atoms with E-state index in [-0.39, 0.29) is 30.3 Å². The standard InChI is InChI=1S/C27H27F9N2O4/c1-3-8-42-24(40)38-19(4-2)14-21(20-13-16(25(28,29)30)5-6-22(20)38)37-23(39)41-9-7-15-10-17(26(31,32)33)12-18(11-15)27(34,35)36/h5-6,10-13,19,21H,3-4,7-9,14H2,1-2H3,(H,37,39). The van der Waals surface area contributed by atoms with Crippen molar-refractivity contribution in [3.8, 4) is 0 Å². The summed E-state index contributed by atoms with van der Waals surface area (Å²) in [5.74, 6) is 0. The summed E-state index contributed by atoms with van der Waals surface area (Å²) in [5, 5.41) is 2.41. The van der Waals surface area contributed by atoms with E-state index in [9.17, 15) is 49.1 Å². The second kappa shape index (κ2) is 12.7. The van der Waals surface area contributed by atoms with Gasteiger partial charge in [-0.05, 0) is 66.8 Å². The number of hydrogen-bond donors (Lipinski definition) is 1. The van der Waals surface area contributed by atoms with Crippen LogP contribution >= 0.6 is 0 Å². The van der Waals surface area contributed by atoms with Crippen molar-refractivity contribution in [1.82, 2.24) is 5.32 Å².